The minimum atomic E-state index is -0.723. The minimum absolute atomic E-state index is 0.0548. The Morgan fingerprint density at radius 3 is 2.44 bits per heavy atom. The lowest BCUT2D eigenvalue weighted by Crippen LogP contribution is -2.40. The highest BCUT2D eigenvalue weighted by molar-refractivity contribution is 6.15. The Morgan fingerprint density at radius 2 is 1.81 bits per heavy atom. The van der Waals surface area contributed by atoms with Gasteiger partial charge in [0.05, 0.1) is 31.0 Å². The van der Waals surface area contributed by atoms with E-state index < -0.39 is 23.5 Å². The van der Waals surface area contributed by atoms with Gasteiger partial charge in [-0.1, -0.05) is 36.4 Å². The molecule has 3 aromatic rings. The number of benzene rings is 2. The van der Waals surface area contributed by atoms with Crippen LogP contribution in [-0.4, -0.2) is 53.3 Å². The highest BCUT2D eigenvalue weighted by Crippen LogP contribution is 2.42. The summed E-state index contributed by atoms with van der Waals surface area (Å²) in [5, 5.41) is 11.0. The predicted molar refractivity (Wildman–Crippen MR) is 135 cm³/mol. The van der Waals surface area contributed by atoms with Crippen molar-refractivity contribution in [2.75, 3.05) is 26.7 Å². The molecule has 1 fully saturated rings. The van der Waals surface area contributed by atoms with Crippen LogP contribution in [0.25, 0.3) is 0 Å². The summed E-state index contributed by atoms with van der Waals surface area (Å²) in [5.74, 6) is -0.685. The van der Waals surface area contributed by atoms with Crippen LogP contribution in [0.4, 0.5) is 0 Å². The Labute approximate surface area is 210 Å². The maximum absolute atomic E-state index is 13.6. The van der Waals surface area contributed by atoms with Crippen LogP contribution in [0.15, 0.2) is 82.7 Å². The number of carbonyl (C=O) groups excluding carboxylic acids is 2. The first-order valence-corrected chi connectivity index (χ1v) is 12.3. The number of furan rings is 1. The lowest BCUT2D eigenvalue weighted by Gasteiger charge is -2.35. The molecule has 2 aliphatic rings. The van der Waals surface area contributed by atoms with Crippen molar-refractivity contribution < 1.29 is 23.8 Å². The van der Waals surface area contributed by atoms with Gasteiger partial charge in [-0.3, -0.25) is 14.5 Å². The van der Waals surface area contributed by atoms with Crippen molar-refractivity contribution in [3.05, 3.63) is 101 Å². The molecule has 1 amide bonds. The minimum Gasteiger partial charge on any atom is -0.503 e. The van der Waals surface area contributed by atoms with Gasteiger partial charge in [-0.05, 0) is 73.8 Å². The van der Waals surface area contributed by atoms with E-state index in [0.717, 1.165) is 48.4 Å². The molecular formula is C29H30N2O5. The van der Waals surface area contributed by atoms with Crippen molar-refractivity contribution in [1.29, 1.82) is 0 Å². The molecule has 1 aromatic heterocycles. The maximum Gasteiger partial charge on any atom is 0.290 e. The molecule has 0 radical (unpaired) electrons. The van der Waals surface area contributed by atoms with Gasteiger partial charge < -0.3 is 19.2 Å². The first-order valence-electron chi connectivity index (χ1n) is 12.3. The maximum atomic E-state index is 13.6. The van der Waals surface area contributed by atoms with Gasteiger partial charge in [0.2, 0.25) is 5.78 Å². The topological polar surface area (TPSA) is 83.2 Å². The number of amides is 1. The molecule has 7 nitrogen and oxygen atoms in total. The third-order valence-electron chi connectivity index (χ3n) is 7.23. The van der Waals surface area contributed by atoms with E-state index in [0.29, 0.717) is 6.54 Å². The molecule has 2 atom stereocenters. The van der Waals surface area contributed by atoms with Crippen LogP contribution in [0.2, 0.25) is 0 Å². The zero-order chi connectivity index (χ0) is 25.2. The van der Waals surface area contributed by atoms with Gasteiger partial charge in [0.25, 0.3) is 5.91 Å². The van der Waals surface area contributed by atoms with Gasteiger partial charge in [-0.2, -0.15) is 0 Å². The number of aryl methyl sites for hydroxylation is 1. The average molecular weight is 487 g/mol. The van der Waals surface area contributed by atoms with Crippen LogP contribution in [0, 0.1) is 6.92 Å². The standard InChI is InChI=1S/C29H30N2O5/c1-19-8-3-4-9-22(19)26-25(27(32)24-10-7-17-36-24)28(33)29(34)31(26)18-23(30-15-5-6-16-30)20-11-13-21(35-2)14-12-20/h3-4,7-14,17,23,26,33H,5-6,15-16,18H2,1-2H3. The van der Waals surface area contributed by atoms with E-state index in [1.54, 1.807) is 24.1 Å². The van der Waals surface area contributed by atoms with Crippen molar-refractivity contribution in [2.45, 2.75) is 31.8 Å². The summed E-state index contributed by atoms with van der Waals surface area (Å²) < 4.78 is 10.7. The van der Waals surface area contributed by atoms with E-state index in [9.17, 15) is 14.7 Å². The summed E-state index contributed by atoms with van der Waals surface area (Å²) in [6.07, 6.45) is 3.59. The van der Waals surface area contributed by atoms with Crippen LogP contribution in [0.3, 0.4) is 0 Å². The van der Waals surface area contributed by atoms with Gasteiger partial charge in [-0.25, -0.2) is 0 Å². The van der Waals surface area contributed by atoms with Crippen molar-refractivity contribution in [3.63, 3.8) is 0 Å². The summed E-state index contributed by atoms with van der Waals surface area (Å²) in [5.41, 5.74) is 2.85. The molecule has 2 aromatic carbocycles. The molecule has 7 heteroatoms. The lowest BCUT2D eigenvalue weighted by molar-refractivity contribution is -0.130. The molecule has 1 N–H and O–H groups in total. The fourth-order valence-corrected chi connectivity index (χ4v) is 5.33. The number of ether oxygens (including phenoxy) is 1. The summed E-state index contributed by atoms with van der Waals surface area (Å²) in [6.45, 7) is 4.11. The van der Waals surface area contributed by atoms with Gasteiger partial charge >= 0.3 is 0 Å². The highest BCUT2D eigenvalue weighted by atomic mass is 16.5. The number of aliphatic hydroxyl groups excluding tert-OH is 1. The zero-order valence-electron chi connectivity index (χ0n) is 20.5. The first kappa shape index (κ1) is 23.9. The number of hydrogen-bond acceptors (Lipinski definition) is 6. The number of methoxy groups -OCH3 is 1. The van der Waals surface area contributed by atoms with E-state index in [-0.39, 0.29) is 17.4 Å². The molecule has 0 aliphatic carbocycles. The molecule has 0 saturated carbocycles. The molecule has 3 heterocycles. The fourth-order valence-electron chi connectivity index (χ4n) is 5.33. The second kappa shape index (κ2) is 10.0. The molecule has 36 heavy (non-hydrogen) atoms. The molecule has 2 unspecified atom stereocenters. The number of nitrogens with zero attached hydrogens (tertiary/aromatic N) is 2. The number of hydrogen-bond donors (Lipinski definition) is 1. The van der Waals surface area contributed by atoms with Crippen molar-refractivity contribution >= 4 is 11.7 Å². The van der Waals surface area contributed by atoms with Crippen molar-refractivity contribution in [2.24, 2.45) is 0 Å². The summed E-state index contributed by atoms with van der Waals surface area (Å²) in [4.78, 5) is 31.0. The third kappa shape index (κ3) is 4.31. The number of aliphatic hydroxyl groups is 1. The van der Waals surface area contributed by atoms with Crippen molar-refractivity contribution in [3.8, 4) is 5.75 Å². The smallest absolute Gasteiger partial charge is 0.290 e. The molecule has 0 spiro atoms. The van der Waals surface area contributed by atoms with E-state index in [1.165, 1.54) is 6.26 Å². The number of rotatable bonds is 8. The molecule has 186 valence electrons. The van der Waals surface area contributed by atoms with E-state index in [2.05, 4.69) is 4.90 Å². The fraction of sp³-hybridized carbons (Fsp3) is 0.310. The van der Waals surface area contributed by atoms with Crippen LogP contribution < -0.4 is 4.74 Å². The monoisotopic (exact) mass is 486 g/mol. The molecule has 2 aliphatic heterocycles. The number of carbonyl (C=O) groups is 2. The highest BCUT2D eigenvalue weighted by Gasteiger charge is 2.46. The second-order valence-electron chi connectivity index (χ2n) is 9.32. The Bertz CT molecular complexity index is 1270. The van der Waals surface area contributed by atoms with E-state index in [1.807, 2.05) is 55.5 Å². The third-order valence-corrected chi connectivity index (χ3v) is 7.23. The van der Waals surface area contributed by atoms with Crippen LogP contribution in [0.5, 0.6) is 5.75 Å². The number of likely N-dealkylation sites (tertiary alicyclic amines) is 1. The average Bonchev–Trinajstić information content (AvgIpc) is 3.66. The molecule has 5 rings (SSSR count). The Hall–Kier alpha value is -3.84. The van der Waals surface area contributed by atoms with Gasteiger partial charge in [0.1, 0.15) is 5.75 Å². The number of Topliss-reactive ketones (excluding diaryl/α,β-unsaturated/α-hetero) is 1. The first-order chi connectivity index (χ1) is 17.5. The molecule has 0 bridgehead atoms. The largest absolute Gasteiger partial charge is 0.503 e. The summed E-state index contributed by atoms with van der Waals surface area (Å²) in [6, 6.07) is 17.9. The predicted octanol–water partition coefficient (Wildman–Crippen LogP) is 5.01. The van der Waals surface area contributed by atoms with Gasteiger partial charge in [-0.15, -0.1) is 0 Å². The lowest BCUT2D eigenvalue weighted by atomic mass is 9.91. The number of ketones is 1. The van der Waals surface area contributed by atoms with Crippen LogP contribution in [-0.2, 0) is 4.79 Å². The zero-order valence-corrected chi connectivity index (χ0v) is 20.5. The van der Waals surface area contributed by atoms with Gasteiger partial charge in [0.15, 0.2) is 11.5 Å². The Balaban J connectivity index is 1.57. The normalized spacial score (nSPS) is 19.2. The quantitative estimate of drug-likeness (QED) is 0.451. The van der Waals surface area contributed by atoms with Crippen LogP contribution in [0.1, 0.15) is 52.2 Å². The summed E-state index contributed by atoms with van der Waals surface area (Å²) in [7, 11) is 1.63. The van der Waals surface area contributed by atoms with Crippen LogP contribution >= 0.6 is 0 Å². The SMILES string of the molecule is COc1ccc(C(CN2C(=O)C(O)=C(C(=O)c3ccco3)C2c2ccccc2C)N2CCCC2)cc1. The summed E-state index contributed by atoms with van der Waals surface area (Å²) >= 11 is 0. The van der Waals surface area contributed by atoms with E-state index in [4.69, 9.17) is 9.15 Å². The van der Waals surface area contributed by atoms with Gasteiger partial charge in [0, 0.05) is 6.54 Å². The second-order valence-corrected chi connectivity index (χ2v) is 9.32. The van der Waals surface area contributed by atoms with Crippen molar-refractivity contribution in [1.82, 2.24) is 9.80 Å². The molecule has 1 saturated heterocycles. The Kier molecular flexibility index (Phi) is 6.65. The Morgan fingerprint density at radius 1 is 1.08 bits per heavy atom. The molecular weight excluding hydrogens is 456 g/mol. The van der Waals surface area contributed by atoms with E-state index >= 15 is 0 Å².